The van der Waals surface area contributed by atoms with Crippen LogP contribution in [-0.4, -0.2) is 5.78 Å². The Labute approximate surface area is 123 Å². The van der Waals surface area contributed by atoms with Crippen molar-refractivity contribution in [2.75, 3.05) is 0 Å². The molecule has 0 saturated carbocycles. The molecule has 1 aromatic heterocycles. The van der Waals surface area contributed by atoms with Gasteiger partial charge in [0.2, 0.25) is 5.78 Å². The molecule has 0 aliphatic rings. The SMILES string of the molecule is O=C(c1cc2cc(Br)ccc2o1)c1ccccc1Cl. The summed E-state index contributed by atoms with van der Waals surface area (Å²) in [7, 11) is 0. The van der Waals surface area contributed by atoms with Gasteiger partial charge in [0.1, 0.15) is 5.58 Å². The van der Waals surface area contributed by atoms with E-state index in [1.807, 2.05) is 18.2 Å². The Kier molecular flexibility index (Phi) is 3.17. The number of hydrogen-bond acceptors (Lipinski definition) is 2. The molecule has 3 aromatic rings. The van der Waals surface area contributed by atoms with Gasteiger partial charge in [-0.05, 0) is 36.4 Å². The summed E-state index contributed by atoms with van der Waals surface area (Å²) >= 11 is 9.41. The molecule has 1 heterocycles. The molecular weight excluding hydrogens is 328 g/mol. The van der Waals surface area contributed by atoms with Crippen molar-refractivity contribution in [3.8, 4) is 0 Å². The third-order valence-electron chi connectivity index (χ3n) is 2.82. The molecule has 2 nitrogen and oxygen atoms in total. The lowest BCUT2D eigenvalue weighted by atomic mass is 10.1. The number of furan rings is 1. The first kappa shape index (κ1) is 12.5. The van der Waals surface area contributed by atoms with Gasteiger partial charge in [-0.25, -0.2) is 0 Å². The van der Waals surface area contributed by atoms with Crippen LogP contribution in [0.25, 0.3) is 11.0 Å². The maximum atomic E-state index is 12.3. The standard InChI is InChI=1S/C15H8BrClO2/c16-10-5-6-13-9(7-10)8-14(19-13)15(18)11-3-1-2-4-12(11)17/h1-8H. The molecule has 0 saturated heterocycles. The summed E-state index contributed by atoms with van der Waals surface area (Å²) in [6.45, 7) is 0. The minimum absolute atomic E-state index is 0.210. The van der Waals surface area contributed by atoms with Crippen molar-refractivity contribution >= 4 is 44.3 Å². The number of rotatable bonds is 2. The molecule has 4 heteroatoms. The molecule has 3 rings (SSSR count). The van der Waals surface area contributed by atoms with Gasteiger partial charge < -0.3 is 4.42 Å². The molecule has 0 atom stereocenters. The van der Waals surface area contributed by atoms with Gasteiger partial charge in [-0.2, -0.15) is 0 Å². The Balaban J connectivity index is 2.09. The molecule has 2 aromatic carbocycles. The van der Waals surface area contributed by atoms with Gasteiger partial charge in [-0.15, -0.1) is 0 Å². The Hall–Kier alpha value is -1.58. The summed E-state index contributed by atoms with van der Waals surface area (Å²) in [4.78, 5) is 12.3. The zero-order valence-corrected chi connectivity index (χ0v) is 12.0. The maximum Gasteiger partial charge on any atom is 0.229 e. The Morgan fingerprint density at radius 2 is 1.89 bits per heavy atom. The average Bonchev–Trinajstić information content (AvgIpc) is 2.81. The molecule has 0 spiro atoms. The van der Waals surface area contributed by atoms with Crippen molar-refractivity contribution in [3.05, 3.63) is 69.3 Å². The number of fused-ring (bicyclic) bond motifs is 1. The second-order valence-corrected chi connectivity index (χ2v) is 5.42. The van der Waals surface area contributed by atoms with Crippen molar-refractivity contribution in [3.63, 3.8) is 0 Å². The highest BCUT2D eigenvalue weighted by molar-refractivity contribution is 9.10. The van der Waals surface area contributed by atoms with Crippen LogP contribution in [0.15, 0.2) is 57.4 Å². The quantitative estimate of drug-likeness (QED) is 0.611. The van der Waals surface area contributed by atoms with E-state index in [2.05, 4.69) is 15.9 Å². The largest absolute Gasteiger partial charge is 0.453 e. The molecule has 19 heavy (non-hydrogen) atoms. The van der Waals surface area contributed by atoms with E-state index in [-0.39, 0.29) is 5.78 Å². The van der Waals surface area contributed by atoms with Crippen molar-refractivity contribution in [2.45, 2.75) is 0 Å². The Morgan fingerprint density at radius 3 is 2.68 bits per heavy atom. The lowest BCUT2D eigenvalue weighted by Crippen LogP contribution is -1.99. The molecule has 0 N–H and O–H groups in total. The monoisotopic (exact) mass is 334 g/mol. The fourth-order valence-corrected chi connectivity index (χ4v) is 2.50. The third kappa shape index (κ3) is 2.31. The predicted molar refractivity (Wildman–Crippen MR) is 78.8 cm³/mol. The van der Waals surface area contributed by atoms with E-state index in [0.717, 1.165) is 9.86 Å². The van der Waals surface area contributed by atoms with Gasteiger partial charge in [0.15, 0.2) is 5.76 Å². The summed E-state index contributed by atoms with van der Waals surface area (Å²) in [5.41, 5.74) is 1.13. The summed E-state index contributed by atoms with van der Waals surface area (Å²) in [6, 6.07) is 14.3. The van der Waals surface area contributed by atoms with E-state index in [4.69, 9.17) is 16.0 Å². The van der Waals surface area contributed by atoms with Crippen LogP contribution in [0.5, 0.6) is 0 Å². The van der Waals surface area contributed by atoms with Gasteiger partial charge in [-0.3, -0.25) is 4.79 Å². The van der Waals surface area contributed by atoms with Crippen LogP contribution < -0.4 is 0 Å². The fraction of sp³-hybridized carbons (Fsp3) is 0. The van der Waals surface area contributed by atoms with E-state index in [1.165, 1.54) is 0 Å². The van der Waals surface area contributed by atoms with Gasteiger partial charge in [0.25, 0.3) is 0 Å². The molecule has 0 radical (unpaired) electrons. The zero-order valence-electron chi connectivity index (χ0n) is 9.69. The normalized spacial score (nSPS) is 10.8. The average molecular weight is 336 g/mol. The van der Waals surface area contributed by atoms with Gasteiger partial charge in [0, 0.05) is 15.4 Å². The number of carbonyl (C=O) groups excluding carboxylic acids is 1. The molecule has 0 bridgehead atoms. The second kappa shape index (κ2) is 4.83. The van der Waals surface area contributed by atoms with Crippen molar-refractivity contribution < 1.29 is 9.21 Å². The topological polar surface area (TPSA) is 30.2 Å². The number of carbonyl (C=O) groups is 1. The Morgan fingerprint density at radius 1 is 1.11 bits per heavy atom. The molecular formula is C15H8BrClO2. The fourth-order valence-electron chi connectivity index (χ4n) is 1.90. The van der Waals surface area contributed by atoms with Crippen LogP contribution in [0, 0.1) is 0 Å². The minimum Gasteiger partial charge on any atom is -0.453 e. The first-order chi connectivity index (χ1) is 9.15. The summed E-state index contributed by atoms with van der Waals surface area (Å²) < 4.78 is 6.51. The van der Waals surface area contributed by atoms with Gasteiger partial charge in [0.05, 0.1) is 5.02 Å². The lowest BCUT2D eigenvalue weighted by molar-refractivity contribution is 0.101. The molecule has 0 amide bonds. The molecule has 0 unspecified atom stereocenters. The zero-order chi connectivity index (χ0) is 13.4. The molecule has 0 aliphatic heterocycles. The number of ketones is 1. The Bertz CT molecular complexity index is 777. The van der Waals surface area contributed by atoms with E-state index < -0.39 is 0 Å². The van der Waals surface area contributed by atoms with Crippen LogP contribution >= 0.6 is 27.5 Å². The van der Waals surface area contributed by atoms with Crippen LogP contribution in [0.4, 0.5) is 0 Å². The van der Waals surface area contributed by atoms with Crippen molar-refractivity contribution in [1.29, 1.82) is 0 Å². The third-order valence-corrected chi connectivity index (χ3v) is 3.64. The minimum atomic E-state index is -0.210. The van der Waals surface area contributed by atoms with Crippen LogP contribution in [0.2, 0.25) is 5.02 Å². The molecule has 0 aliphatic carbocycles. The van der Waals surface area contributed by atoms with Crippen molar-refractivity contribution in [2.24, 2.45) is 0 Å². The first-order valence-corrected chi connectivity index (χ1v) is 6.80. The highest BCUT2D eigenvalue weighted by Crippen LogP contribution is 2.26. The number of hydrogen-bond donors (Lipinski definition) is 0. The van der Waals surface area contributed by atoms with E-state index in [1.54, 1.807) is 30.3 Å². The summed E-state index contributed by atoms with van der Waals surface area (Å²) in [6.07, 6.45) is 0. The molecule has 94 valence electrons. The first-order valence-electron chi connectivity index (χ1n) is 5.63. The van der Waals surface area contributed by atoms with Crippen LogP contribution in [-0.2, 0) is 0 Å². The number of benzene rings is 2. The smallest absolute Gasteiger partial charge is 0.229 e. The second-order valence-electron chi connectivity index (χ2n) is 4.10. The maximum absolute atomic E-state index is 12.3. The van der Waals surface area contributed by atoms with E-state index in [9.17, 15) is 4.79 Å². The highest BCUT2D eigenvalue weighted by Gasteiger charge is 2.16. The van der Waals surface area contributed by atoms with Gasteiger partial charge in [-0.1, -0.05) is 39.7 Å². The van der Waals surface area contributed by atoms with Crippen LogP contribution in [0.3, 0.4) is 0 Å². The molecule has 0 fully saturated rings. The predicted octanol–water partition coefficient (Wildman–Crippen LogP) is 5.08. The lowest BCUT2D eigenvalue weighted by Gasteiger charge is -1.99. The summed E-state index contributed by atoms with van der Waals surface area (Å²) in [5, 5.41) is 1.30. The van der Waals surface area contributed by atoms with Crippen molar-refractivity contribution in [1.82, 2.24) is 0 Å². The highest BCUT2D eigenvalue weighted by atomic mass is 79.9. The number of halogens is 2. The van der Waals surface area contributed by atoms with E-state index in [0.29, 0.717) is 21.9 Å². The van der Waals surface area contributed by atoms with Gasteiger partial charge >= 0.3 is 0 Å². The van der Waals surface area contributed by atoms with Crippen LogP contribution in [0.1, 0.15) is 16.1 Å². The summed E-state index contributed by atoms with van der Waals surface area (Å²) in [5.74, 6) is 0.0825. The van der Waals surface area contributed by atoms with E-state index >= 15 is 0 Å².